The normalized spacial score (nSPS) is 22.9. The van der Waals surface area contributed by atoms with Crippen molar-refractivity contribution in [1.29, 1.82) is 0 Å². The van der Waals surface area contributed by atoms with Crippen molar-refractivity contribution in [3.8, 4) is 0 Å². The predicted molar refractivity (Wildman–Crippen MR) is 82.3 cm³/mol. The van der Waals surface area contributed by atoms with E-state index in [1.54, 1.807) is 32.7 Å². The summed E-state index contributed by atoms with van der Waals surface area (Å²) in [6, 6.07) is 0. The molecule has 1 aromatic rings. The summed E-state index contributed by atoms with van der Waals surface area (Å²) in [6.07, 6.45) is -0.277. The first-order valence-corrected chi connectivity index (χ1v) is 8.69. The first-order valence-electron chi connectivity index (χ1n) is 7.25. The molecule has 0 aromatic carbocycles. The zero-order chi connectivity index (χ0) is 16.7. The van der Waals surface area contributed by atoms with E-state index in [0.29, 0.717) is 29.4 Å². The van der Waals surface area contributed by atoms with E-state index in [1.165, 1.54) is 4.31 Å². The van der Waals surface area contributed by atoms with E-state index in [-0.39, 0.29) is 12.6 Å². The third-order valence-corrected chi connectivity index (χ3v) is 5.91. The second kappa shape index (κ2) is 5.92. The van der Waals surface area contributed by atoms with Gasteiger partial charge in [0, 0.05) is 27.2 Å². The zero-order valence-electron chi connectivity index (χ0n) is 14.1. The zero-order valence-corrected chi connectivity index (χ0v) is 14.9. The summed E-state index contributed by atoms with van der Waals surface area (Å²) in [7, 11) is -0.279. The van der Waals surface area contributed by atoms with Gasteiger partial charge in [0.2, 0.25) is 10.0 Å². The Morgan fingerprint density at radius 3 is 2.55 bits per heavy atom. The van der Waals surface area contributed by atoms with Crippen molar-refractivity contribution in [2.24, 2.45) is 7.05 Å². The Morgan fingerprint density at radius 1 is 1.41 bits per heavy atom. The summed E-state index contributed by atoms with van der Waals surface area (Å²) in [5, 5.41) is 4.22. The summed E-state index contributed by atoms with van der Waals surface area (Å²) in [5.74, 6) is 0. The van der Waals surface area contributed by atoms with Crippen molar-refractivity contribution in [3.05, 3.63) is 11.4 Å². The molecule has 1 aliphatic rings. The van der Waals surface area contributed by atoms with Crippen LogP contribution in [0.25, 0.3) is 0 Å². The summed E-state index contributed by atoms with van der Waals surface area (Å²) in [5.41, 5.74) is 0.608. The van der Waals surface area contributed by atoms with E-state index in [0.717, 1.165) is 0 Å². The second-order valence-corrected chi connectivity index (χ2v) is 8.25. The molecule has 0 radical (unpaired) electrons. The molecule has 0 saturated carbocycles. The molecule has 8 heteroatoms. The van der Waals surface area contributed by atoms with Gasteiger partial charge in [-0.15, -0.1) is 0 Å². The molecule has 2 heterocycles. The van der Waals surface area contributed by atoms with Gasteiger partial charge in [-0.25, -0.2) is 8.42 Å². The van der Waals surface area contributed by atoms with Crippen LogP contribution in [0.3, 0.4) is 0 Å². The number of hydrogen-bond donors (Lipinski definition) is 0. The number of rotatable bonds is 4. The molecule has 2 rings (SSSR count). The van der Waals surface area contributed by atoms with E-state index in [9.17, 15) is 8.42 Å². The predicted octanol–water partition coefficient (Wildman–Crippen LogP) is 0.851. The monoisotopic (exact) mass is 331 g/mol. The lowest BCUT2D eigenvalue weighted by atomic mass is 10.1. The molecule has 1 aliphatic heterocycles. The minimum absolute atomic E-state index is 0.277. The highest BCUT2D eigenvalue weighted by molar-refractivity contribution is 7.89. The molecule has 1 fully saturated rings. The van der Waals surface area contributed by atoms with Gasteiger partial charge in [0.1, 0.15) is 4.90 Å². The number of ether oxygens (including phenoxy) is 2. The maximum absolute atomic E-state index is 13.1. The minimum Gasteiger partial charge on any atom is -0.382 e. The first-order chi connectivity index (χ1) is 10.1. The Balaban J connectivity index is 2.39. The number of methoxy groups -OCH3 is 1. The Bertz CT molecular complexity index is 651. The highest BCUT2D eigenvalue weighted by atomic mass is 32.2. The fraction of sp³-hybridized carbons (Fsp3) is 0.786. The average Bonchev–Trinajstić information content (AvgIpc) is 2.61. The Hall–Kier alpha value is -0.960. The average molecular weight is 331 g/mol. The highest BCUT2D eigenvalue weighted by Crippen LogP contribution is 2.29. The molecule has 1 atom stereocenters. The van der Waals surface area contributed by atoms with Crippen LogP contribution in [-0.4, -0.2) is 61.0 Å². The number of sulfonamides is 1. The maximum Gasteiger partial charge on any atom is 0.246 e. The molecule has 1 aromatic heterocycles. The number of morpholine rings is 1. The van der Waals surface area contributed by atoms with Gasteiger partial charge < -0.3 is 9.47 Å². The van der Waals surface area contributed by atoms with Gasteiger partial charge in [-0.2, -0.15) is 9.40 Å². The lowest BCUT2D eigenvalue weighted by molar-refractivity contribution is -0.135. The number of nitrogens with zero attached hydrogens (tertiary/aromatic N) is 3. The van der Waals surface area contributed by atoms with Gasteiger partial charge in [-0.1, -0.05) is 0 Å². The lowest BCUT2D eigenvalue weighted by Gasteiger charge is -2.41. The van der Waals surface area contributed by atoms with Crippen LogP contribution in [0.5, 0.6) is 0 Å². The lowest BCUT2D eigenvalue weighted by Crippen LogP contribution is -2.55. The molecular weight excluding hydrogens is 306 g/mol. The van der Waals surface area contributed by atoms with Gasteiger partial charge in [0.15, 0.2) is 0 Å². The Kier molecular flexibility index (Phi) is 4.68. The molecule has 0 aliphatic carbocycles. The van der Waals surface area contributed by atoms with Crippen LogP contribution >= 0.6 is 0 Å². The summed E-state index contributed by atoms with van der Waals surface area (Å²) in [4.78, 5) is 0.295. The van der Waals surface area contributed by atoms with Crippen LogP contribution in [0, 0.1) is 13.8 Å². The minimum atomic E-state index is -3.61. The van der Waals surface area contributed by atoms with Crippen LogP contribution < -0.4 is 0 Å². The second-order valence-electron chi connectivity index (χ2n) is 6.38. The number of hydrogen-bond acceptors (Lipinski definition) is 5. The van der Waals surface area contributed by atoms with Gasteiger partial charge in [-0.05, 0) is 27.7 Å². The maximum atomic E-state index is 13.1. The van der Waals surface area contributed by atoms with Crippen molar-refractivity contribution < 1.29 is 17.9 Å². The standard InChI is InChI=1S/C14H25N3O4S/c1-10-13(11(2)16(5)15-10)22(18,19)17-7-12(8-20-6)21-14(3,4)9-17/h12H,7-9H2,1-6H3. The fourth-order valence-electron chi connectivity index (χ4n) is 2.95. The van der Waals surface area contributed by atoms with Crippen molar-refractivity contribution in [2.75, 3.05) is 26.8 Å². The van der Waals surface area contributed by atoms with Crippen molar-refractivity contribution in [2.45, 2.75) is 44.3 Å². The van der Waals surface area contributed by atoms with Gasteiger partial charge >= 0.3 is 0 Å². The summed E-state index contributed by atoms with van der Waals surface area (Å²) in [6.45, 7) is 8.22. The van der Waals surface area contributed by atoms with E-state index in [1.807, 2.05) is 13.8 Å². The first kappa shape index (κ1) is 17.4. The Morgan fingerprint density at radius 2 is 2.05 bits per heavy atom. The van der Waals surface area contributed by atoms with Crippen LogP contribution in [0.4, 0.5) is 0 Å². The van der Waals surface area contributed by atoms with Gasteiger partial charge in [0.25, 0.3) is 0 Å². The van der Waals surface area contributed by atoms with Crippen molar-refractivity contribution in [1.82, 2.24) is 14.1 Å². The molecule has 0 spiro atoms. The topological polar surface area (TPSA) is 73.7 Å². The van der Waals surface area contributed by atoms with Crippen LogP contribution in [0.1, 0.15) is 25.2 Å². The number of aromatic nitrogens is 2. The van der Waals surface area contributed by atoms with E-state index >= 15 is 0 Å². The van der Waals surface area contributed by atoms with E-state index in [4.69, 9.17) is 9.47 Å². The van der Waals surface area contributed by atoms with Gasteiger partial charge in [-0.3, -0.25) is 4.68 Å². The molecule has 126 valence electrons. The van der Waals surface area contributed by atoms with Gasteiger partial charge in [0.05, 0.1) is 29.7 Å². The fourth-order valence-corrected chi connectivity index (χ4v) is 4.98. The largest absolute Gasteiger partial charge is 0.382 e. The molecule has 1 unspecified atom stereocenters. The van der Waals surface area contributed by atoms with E-state index in [2.05, 4.69) is 5.10 Å². The van der Waals surface area contributed by atoms with Crippen LogP contribution in [-0.2, 0) is 26.5 Å². The number of aryl methyl sites for hydroxylation is 2. The van der Waals surface area contributed by atoms with Crippen molar-refractivity contribution >= 4 is 10.0 Å². The molecule has 1 saturated heterocycles. The molecule has 22 heavy (non-hydrogen) atoms. The molecule has 0 N–H and O–H groups in total. The SMILES string of the molecule is COCC1CN(S(=O)(=O)c2c(C)nn(C)c2C)CC(C)(C)O1. The van der Waals surface area contributed by atoms with Crippen molar-refractivity contribution in [3.63, 3.8) is 0 Å². The van der Waals surface area contributed by atoms with E-state index < -0.39 is 15.6 Å². The molecule has 7 nitrogen and oxygen atoms in total. The Labute approximate surface area is 132 Å². The summed E-state index contributed by atoms with van der Waals surface area (Å²) >= 11 is 0. The third-order valence-electron chi connectivity index (χ3n) is 3.84. The molecule has 0 bridgehead atoms. The highest BCUT2D eigenvalue weighted by Gasteiger charge is 2.41. The smallest absolute Gasteiger partial charge is 0.246 e. The van der Waals surface area contributed by atoms with Crippen LogP contribution in [0.2, 0.25) is 0 Å². The van der Waals surface area contributed by atoms with Crippen LogP contribution in [0.15, 0.2) is 4.90 Å². The molecular formula is C14H25N3O4S. The summed E-state index contributed by atoms with van der Waals surface area (Å²) < 4.78 is 40.2. The third kappa shape index (κ3) is 3.19. The quantitative estimate of drug-likeness (QED) is 0.818. The molecule has 0 amide bonds.